The number of hydrogen-bond acceptors (Lipinski definition) is 8. The molecule has 0 saturated carbocycles. The topological polar surface area (TPSA) is 96.0 Å². The average Bonchev–Trinajstić information content (AvgIpc) is 3.38. The summed E-state index contributed by atoms with van der Waals surface area (Å²) in [7, 11) is 0. The first kappa shape index (κ1) is 21.6. The number of piperazine rings is 1. The van der Waals surface area contributed by atoms with E-state index in [0.717, 1.165) is 44.7 Å². The Hall–Kier alpha value is -3.26. The lowest BCUT2D eigenvalue weighted by molar-refractivity contribution is -0.0903. The highest BCUT2D eigenvalue weighted by molar-refractivity contribution is 5.44. The van der Waals surface area contributed by atoms with Gasteiger partial charge in [-0.25, -0.2) is 9.37 Å². The van der Waals surface area contributed by atoms with E-state index in [2.05, 4.69) is 36.4 Å². The van der Waals surface area contributed by atoms with Gasteiger partial charge in [0.05, 0.1) is 18.3 Å². The fourth-order valence-electron chi connectivity index (χ4n) is 4.67. The van der Waals surface area contributed by atoms with Crippen LogP contribution in [0.4, 0.5) is 4.39 Å². The number of nitrogens with zero attached hydrogens (tertiary/aromatic N) is 8. The van der Waals surface area contributed by atoms with Gasteiger partial charge >= 0.3 is 0 Å². The van der Waals surface area contributed by atoms with Crippen molar-refractivity contribution in [2.45, 2.75) is 25.5 Å². The molecule has 0 unspecified atom stereocenters. The summed E-state index contributed by atoms with van der Waals surface area (Å²) in [5.74, 6) is 0.228. The number of tetrazole rings is 1. The third-order valence-electron chi connectivity index (χ3n) is 6.60. The maximum atomic E-state index is 13.9. The summed E-state index contributed by atoms with van der Waals surface area (Å²) >= 11 is 0. The summed E-state index contributed by atoms with van der Waals surface area (Å²) in [5, 5.41) is 20.4. The summed E-state index contributed by atoms with van der Waals surface area (Å²) in [4.78, 5) is 9.37. The molecule has 0 aliphatic carbocycles. The van der Waals surface area contributed by atoms with Crippen LogP contribution in [0.15, 0.2) is 36.8 Å². The van der Waals surface area contributed by atoms with Crippen molar-refractivity contribution < 1.29 is 9.13 Å². The Labute approximate surface area is 191 Å². The number of fused-ring (bicyclic) bond motifs is 1. The molecule has 0 amide bonds. The first-order valence-electron chi connectivity index (χ1n) is 11.1. The molecule has 0 N–H and O–H groups in total. The van der Waals surface area contributed by atoms with E-state index in [0.29, 0.717) is 24.0 Å². The highest BCUT2D eigenvalue weighted by atomic mass is 19.1. The third-order valence-corrected chi connectivity index (χ3v) is 6.60. The Balaban J connectivity index is 1.15. The van der Waals surface area contributed by atoms with Gasteiger partial charge in [-0.2, -0.15) is 9.94 Å². The highest BCUT2D eigenvalue weighted by Crippen LogP contribution is 2.30. The second-order valence-corrected chi connectivity index (χ2v) is 8.55. The van der Waals surface area contributed by atoms with Crippen LogP contribution in [0.2, 0.25) is 0 Å². The average molecular weight is 449 g/mol. The lowest BCUT2D eigenvalue weighted by Gasteiger charge is -2.46. The molecule has 0 bridgehead atoms. The molecule has 1 aromatic carbocycles. The SMILES string of the molecule is Cc1c([C@H]2CN3CCN(CCc4ccc(-n5cnnn5)nc4)C[C@H]3CO2)ccc(F)c1C#N. The minimum atomic E-state index is -0.471. The second-order valence-electron chi connectivity index (χ2n) is 8.55. The predicted molar refractivity (Wildman–Crippen MR) is 117 cm³/mol. The number of morpholine rings is 1. The monoisotopic (exact) mass is 448 g/mol. The number of pyridine rings is 1. The van der Waals surface area contributed by atoms with Crippen molar-refractivity contribution in [3.8, 4) is 11.9 Å². The van der Waals surface area contributed by atoms with Gasteiger partial charge < -0.3 is 9.64 Å². The van der Waals surface area contributed by atoms with Crippen LogP contribution in [0.25, 0.3) is 5.82 Å². The molecule has 0 radical (unpaired) electrons. The van der Waals surface area contributed by atoms with Crippen LogP contribution in [-0.2, 0) is 11.2 Å². The number of hydrogen-bond donors (Lipinski definition) is 0. The summed E-state index contributed by atoms with van der Waals surface area (Å²) in [6.45, 7) is 7.06. The van der Waals surface area contributed by atoms with Crippen molar-refractivity contribution in [3.63, 3.8) is 0 Å². The molecule has 3 aromatic rings. The van der Waals surface area contributed by atoms with Gasteiger partial charge in [0.25, 0.3) is 0 Å². The van der Waals surface area contributed by atoms with E-state index >= 15 is 0 Å². The summed E-state index contributed by atoms with van der Waals surface area (Å²) in [5.41, 5.74) is 2.88. The number of nitriles is 1. The van der Waals surface area contributed by atoms with Gasteiger partial charge in [-0.05, 0) is 52.6 Å². The van der Waals surface area contributed by atoms with Crippen LogP contribution in [0.3, 0.4) is 0 Å². The van der Waals surface area contributed by atoms with Gasteiger partial charge in [0.1, 0.15) is 18.2 Å². The Bertz CT molecular complexity index is 1140. The predicted octanol–water partition coefficient (Wildman–Crippen LogP) is 1.68. The molecule has 170 valence electrons. The van der Waals surface area contributed by atoms with Crippen LogP contribution in [0.1, 0.15) is 28.4 Å². The molecule has 2 fully saturated rings. The maximum absolute atomic E-state index is 13.9. The van der Waals surface area contributed by atoms with Crippen LogP contribution < -0.4 is 0 Å². The van der Waals surface area contributed by atoms with E-state index in [1.165, 1.54) is 22.6 Å². The van der Waals surface area contributed by atoms with Gasteiger partial charge in [-0.15, -0.1) is 5.10 Å². The Morgan fingerprint density at radius 2 is 2.12 bits per heavy atom. The molecule has 2 aliphatic rings. The first-order chi connectivity index (χ1) is 16.1. The van der Waals surface area contributed by atoms with Gasteiger partial charge in [-0.3, -0.25) is 4.90 Å². The number of aromatic nitrogens is 5. The summed E-state index contributed by atoms with van der Waals surface area (Å²) in [6.07, 6.45) is 4.19. The molecule has 0 spiro atoms. The molecular formula is C23H25FN8O. The summed E-state index contributed by atoms with van der Waals surface area (Å²) in [6, 6.07) is 9.44. The second kappa shape index (κ2) is 9.31. The van der Waals surface area contributed by atoms with Crippen molar-refractivity contribution in [1.29, 1.82) is 5.26 Å². The molecule has 4 heterocycles. The van der Waals surface area contributed by atoms with Crippen LogP contribution in [-0.4, -0.2) is 80.4 Å². The third kappa shape index (κ3) is 4.48. The molecule has 2 saturated heterocycles. The Kier molecular flexibility index (Phi) is 6.09. The number of rotatable bonds is 5. The van der Waals surface area contributed by atoms with Crippen molar-refractivity contribution in [3.05, 3.63) is 64.9 Å². The molecule has 10 heteroatoms. The molecule has 2 aromatic heterocycles. The van der Waals surface area contributed by atoms with E-state index in [9.17, 15) is 9.65 Å². The lowest BCUT2D eigenvalue weighted by Crippen LogP contribution is -2.58. The Morgan fingerprint density at radius 3 is 2.88 bits per heavy atom. The van der Waals surface area contributed by atoms with Gasteiger partial charge in [0, 0.05) is 45.0 Å². The zero-order chi connectivity index (χ0) is 22.8. The van der Waals surface area contributed by atoms with Crippen molar-refractivity contribution in [2.24, 2.45) is 0 Å². The molecule has 2 aliphatic heterocycles. The molecule has 9 nitrogen and oxygen atoms in total. The van der Waals surface area contributed by atoms with Gasteiger partial charge in [-0.1, -0.05) is 12.1 Å². The molecule has 33 heavy (non-hydrogen) atoms. The van der Waals surface area contributed by atoms with Crippen LogP contribution >= 0.6 is 0 Å². The van der Waals surface area contributed by atoms with E-state index < -0.39 is 5.82 Å². The lowest BCUT2D eigenvalue weighted by atomic mass is 9.96. The number of benzene rings is 1. The number of halogens is 1. The zero-order valence-corrected chi connectivity index (χ0v) is 18.4. The standard InChI is InChI=1S/C23H25FN8O/c1-16-19(3-4-21(24)20(16)10-25)22-13-31-9-8-30(12-18(31)14-33-22)7-6-17-2-5-23(26-11-17)32-15-27-28-29-32/h2-5,11,15,18,22H,6-9,12-14H2,1H3/t18-,22+/m0/s1. The van der Waals surface area contributed by atoms with Crippen LogP contribution in [0, 0.1) is 24.1 Å². The van der Waals surface area contributed by atoms with E-state index in [1.54, 1.807) is 13.0 Å². The largest absolute Gasteiger partial charge is 0.370 e. The van der Waals surface area contributed by atoms with E-state index in [4.69, 9.17) is 4.74 Å². The highest BCUT2D eigenvalue weighted by Gasteiger charge is 2.34. The number of ether oxygens (including phenoxy) is 1. The minimum Gasteiger partial charge on any atom is -0.370 e. The fourth-order valence-corrected chi connectivity index (χ4v) is 4.67. The zero-order valence-electron chi connectivity index (χ0n) is 18.4. The molecule has 5 rings (SSSR count). The van der Waals surface area contributed by atoms with E-state index in [-0.39, 0.29) is 11.7 Å². The maximum Gasteiger partial charge on any atom is 0.156 e. The minimum absolute atomic E-state index is 0.114. The summed E-state index contributed by atoms with van der Waals surface area (Å²) < 4.78 is 21.6. The van der Waals surface area contributed by atoms with Crippen molar-refractivity contribution in [1.82, 2.24) is 35.0 Å². The van der Waals surface area contributed by atoms with Crippen molar-refractivity contribution in [2.75, 3.05) is 39.3 Å². The van der Waals surface area contributed by atoms with Gasteiger partial charge in [0.2, 0.25) is 0 Å². The van der Waals surface area contributed by atoms with Crippen molar-refractivity contribution >= 4 is 0 Å². The van der Waals surface area contributed by atoms with E-state index in [1.807, 2.05) is 18.3 Å². The molecular weight excluding hydrogens is 423 g/mol. The first-order valence-corrected chi connectivity index (χ1v) is 11.1. The van der Waals surface area contributed by atoms with Gasteiger partial charge in [0.15, 0.2) is 5.82 Å². The normalized spacial score (nSPS) is 21.5. The fraction of sp³-hybridized carbons (Fsp3) is 0.435. The molecule has 2 atom stereocenters. The smallest absolute Gasteiger partial charge is 0.156 e. The Morgan fingerprint density at radius 1 is 1.21 bits per heavy atom. The quantitative estimate of drug-likeness (QED) is 0.582. The van der Waals surface area contributed by atoms with Crippen LogP contribution in [0.5, 0.6) is 0 Å².